The Bertz CT molecular complexity index is 1550. The van der Waals surface area contributed by atoms with Gasteiger partial charge in [-0.1, -0.05) is 12.1 Å². The molecule has 0 radical (unpaired) electrons. The number of hydrogen-bond donors (Lipinski definition) is 2. The average molecular weight is 486 g/mol. The van der Waals surface area contributed by atoms with Crippen LogP contribution in [0, 0.1) is 18.6 Å². The van der Waals surface area contributed by atoms with Gasteiger partial charge in [0.15, 0.2) is 4.77 Å². The molecule has 4 aromatic rings. The van der Waals surface area contributed by atoms with Gasteiger partial charge in [0.1, 0.15) is 5.82 Å². The van der Waals surface area contributed by atoms with Gasteiger partial charge >= 0.3 is 0 Å². The maximum atomic E-state index is 13.3. The minimum atomic E-state index is -0.218. The maximum absolute atomic E-state index is 13.3. The van der Waals surface area contributed by atoms with Crippen LogP contribution in [0.3, 0.4) is 0 Å². The lowest BCUT2D eigenvalue weighted by Gasteiger charge is -2.17. The number of benzene rings is 2. The standard InChI is InChI=1S/C27H27N5O2S/c1-17-6-5-7-23(18(17)2)32-26(34)21-9-8-20(15-22(21)30-27(32)35)25(33)29-16-19-10-11-28-24(14-19)31-12-3-4-13-31/h5-11,14-15H,3-4,12-13,16H2,1-2H3,(H,29,33)(H,30,35). The summed E-state index contributed by atoms with van der Waals surface area (Å²) in [5.41, 5.74) is 4.61. The summed E-state index contributed by atoms with van der Waals surface area (Å²) < 4.78 is 1.81. The summed E-state index contributed by atoms with van der Waals surface area (Å²) in [6, 6.07) is 14.8. The van der Waals surface area contributed by atoms with E-state index in [2.05, 4.69) is 20.2 Å². The van der Waals surface area contributed by atoms with E-state index >= 15 is 0 Å². The van der Waals surface area contributed by atoms with Crippen LogP contribution in [0.1, 0.15) is 39.9 Å². The quantitative estimate of drug-likeness (QED) is 0.404. The molecule has 7 nitrogen and oxygen atoms in total. The van der Waals surface area contributed by atoms with Gasteiger partial charge in [-0.15, -0.1) is 0 Å². The molecule has 0 aliphatic carbocycles. The number of nitrogens with zero attached hydrogens (tertiary/aromatic N) is 3. The number of fused-ring (bicyclic) bond motifs is 1. The van der Waals surface area contributed by atoms with Crippen molar-refractivity contribution in [1.82, 2.24) is 19.9 Å². The first-order valence-electron chi connectivity index (χ1n) is 11.8. The van der Waals surface area contributed by atoms with Crippen LogP contribution in [0.15, 0.2) is 59.5 Å². The normalized spacial score (nSPS) is 13.4. The first kappa shape index (κ1) is 23.0. The van der Waals surface area contributed by atoms with Gasteiger partial charge in [-0.3, -0.25) is 14.2 Å². The highest BCUT2D eigenvalue weighted by atomic mass is 32.1. The van der Waals surface area contributed by atoms with Crippen molar-refractivity contribution in [3.05, 3.63) is 92.1 Å². The van der Waals surface area contributed by atoms with Crippen molar-refractivity contribution in [1.29, 1.82) is 0 Å². The van der Waals surface area contributed by atoms with Gasteiger partial charge in [0.2, 0.25) is 0 Å². The second-order valence-corrected chi connectivity index (χ2v) is 9.34. The molecule has 1 aliphatic heterocycles. The topological polar surface area (TPSA) is 83.0 Å². The number of H-pyrrole nitrogens is 1. The molecule has 8 heteroatoms. The van der Waals surface area contributed by atoms with Crippen LogP contribution >= 0.6 is 12.2 Å². The molecular formula is C27H27N5O2S. The van der Waals surface area contributed by atoms with Crippen LogP contribution in [-0.2, 0) is 6.54 Å². The fraction of sp³-hybridized carbons (Fsp3) is 0.259. The van der Waals surface area contributed by atoms with Crippen LogP contribution in [0.5, 0.6) is 0 Å². The number of aromatic nitrogens is 3. The number of anilines is 1. The molecule has 2 aromatic heterocycles. The monoisotopic (exact) mass is 485 g/mol. The van der Waals surface area contributed by atoms with E-state index in [1.165, 1.54) is 17.4 Å². The summed E-state index contributed by atoms with van der Waals surface area (Å²) in [5, 5.41) is 3.44. The molecule has 0 saturated carbocycles. The molecule has 3 heterocycles. The lowest BCUT2D eigenvalue weighted by Crippen LogP contribution is -2.24. The molecule has 0 spiro atoms. The van der Waals surface area contributed by atoms with Gasteiger partial charge in [-0.2, -0.15) is 0 Å². The van der Waals surface area contributed by atoms with Crippen molar-refractivity contribution in [3.8, 4) is 5.69 Å². The van der Waals surface area contributed by atoms with Gasteiger partial charge < -0.3 is 15.2 Å². The number of carbonyl (C=O) groups is 1. The summed E-state index contributed by atoms with van der Waals surface area (Å²) in [4.78, 5) is 36.1. The van der Waals surface area contributed by atoms with Crippen molar-refractivity contribution in [2.24, 2.45) is 0 Å². The van der Waals surface area contributed by atoms with Crippen molar-refractivity contribution >= 4 is 34.8 Å². The van der Waals surface area contributed by atoms with E-state index in [9.17, 15) is 9.59 Å². The minimum absolute atomic E-state index is 0.212. The molecule has 1 fully saturated rings. The molecule has 0 unspecified atom stereocenters. The van der Waals surface area contributed by atoms with Crippen LogP contribution < -0.4 is 15.8 Å². The molecule has 2 aromatic carbocycles. The molecule has 2 N–H and O–H groups in total. The number of nitrogens with one attached hydrogen (secondary N) is 2. The Morgan fingerprint density at radius 3 is 2.71 bits per heavy atom. The molecule has 1 aliphatic rings. The van der Waals surface area contributed by atoms with E-state index in [-0.39, 0.29) is 11.5 Å². The zero-order valence-corrected chi connectivity index (χ0v) is 20.6. The Kier molecular flexibility index (Phi) is 6.21. The zero-order chi connectivity index (χ0) is 24.5. The second-order valence-electron chi connectivity index (χ2n) is 8.95. The molecule has 5 rings (SSSR count). The number of hydrogen-bond acceptors (Lipinski definition) is 5. The Balaban J connectivity index is 1.39. The lowest BCUT2D eigenvalue weighted by atomic mass is 10.1. The highest BCUT2D eigenvalue weighted by Gasteiger charge is 2.15. The van der Waals surface area contributed by atoms with Crippen molar-refractivity contribution in [2.75, 3.05) is 18.0 Å². The number of amides is 1. The summed E-state index contributed by atoms with van der Waals surface area (Å²) in [7, 11) is 0. The van der Waals surface area contributed by atoms with Crippen molar-refractivity contribution < 1.29 is 4.79 Å². The van der Waals surface area contributed by atoms with E-state index in [1.54, 1.807) is 24.4 Å². The van der Waals surface area contributed by atoms with E-state index in [0.29, 0.717) is 27.8 Å². The highest BCUT2D eigenvalue weighted by molar-refractivity contribution is 7.71. The predicted octanol–water partition coefficient (Wildman–Crippen LogP) is 4.59. The van der Waals surface area contributed by atoms with E-state index in [4.69, 9.17) is 12.2 Å². The summed E-state index contributed by atoms with van der Waals surface area (Å²) in [5.74, 6) is 0.733. The Morgan fingerprint density at radius 2 is 1.91 bits per heavy atom. The minimum Gasteiger partial charge on any atom is -0.357 e. The Hall–Kier alpha value is -3.78. The highest BCUT2D eigenvalue weighted by Crippen LogP contribution is 2.20. The lowest BCUT2D eigenvalue weighted by molar-refractivity contribution is 0.0951. The summed E-state index contributed by atoms with van der Waals surface area (Å²) >= 11 is 5.53. The van der Waals surface area contributed by atoms with Crippen molar-refractivity contribution in [2.45, 2.75) is 33.2 Å². The average Bonchev–Trinajstić information content (AvgIpc) is 3.40. The number of aryl methyl sites for hydroxylation is 1. The van der Waals surface area contributed by atoms with Gasteiger partial charge in [0.25, 0.3) is 11.5 Å². The van der Waals surface area contributed by atoms with E-state index < -0.39 is 0 Å². The first-order valence-corrected chi connectivity index (χ1v) is 12.2. The van der Waals surface area contributed by atoms with Crippen LogP contribution in [-0.4, -0.2) is 33.5 Å². The second kappa shape index (κ2) is 9.46. The molecule has 1 saturated heterocycles. The third-order valence-corrected chi connectivity index (χ3v) is 6.95. The number of aromatic amines is 1. The van der Waals surface area contributed by atoms with E-state index in [1.807, 2.05) is 44.2 Å². The fourth-order valence-electron chi connectivity index (χ4n) is 4.53. The van der Waals surface area contributed by atoms with Crippen LogP contribution in [0.25, 0.3) is 16.6 Å². The van der Waals surface area contributed by atoms with Crippen LogP contribution in [0.2, 0.25) is 0 Å². The third kappa shape index (κ3) is 4.49. The fourth-order valence-corrected chi connectivity index (χ4v) is 4.82. The Labute approximate surface area is 208 Å². The first-order chi connectivity index (χ1) is 16.9. The van der Waals surface area contributed by atoms with Crippen molar-refractivity contribution in [3.63, 3.8) is 0 Å². The number of carbonyl (C=O) groups excluding carboxylic acids is 1. The van der Waals surface area contributed by atoms with Gasteiger partial charge in [0, 0.05) is 31.4 Å². The maximum Gasteiger partial charge on any atom is 0.266 e. The smallest absolute Gasteiger partial charge is 0.266 e. The molecule has 0 bridgehead atoms. The summed E-state index contributed by atoms with van der Waals surface area (Å²) in [6.45, 7) is 6.41. The van der Waals surface area contributed by atoms with Gasteiger partial charge in [-0.05, 0) is 92.0 Å². The third-order valence-electron chi connectivity index (χ3n) is 6.67. The molecule has 35 heavy (non-hydrogen) atoms. The zero-order valence-electron chi connectivity index (χ0n) is 19.8. The number of rotatable bonds is 5. The van der Waals surface area contributed by atoms with Gasteiger partial charge in [-0.25, -0.2) is 4.98 Å². The molecule has 0 atom stereocenters. The largest absolute Gasteiger partial charge is 0.357 e. The Morgan fingerprint density at radius 1 is 1.11 bits per heavy atom. The molecular weight excluding hydrogens is 458 g/mol. The van der Waals surface area contributed by atoms with Gasteiger partial charge in [0.05, 0.1) is 16.6 Å². The number of pyridine rings is 1. The SMILES string of the molecule is Cc1cccc(-n2c(=S)[nH]c3cc(C(=O)NCc4ccnc(N5CCCC5)c4)ccc3c2=O)c1C. The van der Waals surface area contributed by atoms with Crippen LogP contribution in [0.4, 0.5) is 5.82 Å². The molecule has 178 valence electrons. The summed E-state index contributed by atoms with van der Waals surface area (Å²) in [6.07, 6.45) is 4.15. The molecule has 1 amide bonds. The predicted molar refractivity (Wildman–Crippen MR) is 141 cm³/mol. The van der Waals surface area contributed by atoms with E-state index in [0.717, 1.165) is 41.3 Å².